The van der Waals surface area contributed by atoms with E-state index in [1.807, 2.05) is 24.8 Å². The van der Waals surface area contributed by atoms with Gasteiger partial charge >= 0.3 is 0 Å². The average molecular weight is 289 g/mol. The first kappa shape index (κ1) is 16.0. The first-order valence-electron chi connectivity index (χ1n) is 8.15. The largest absolute Gasteiger partial charge is 0.378 e. The van der Waals surface area contributed by atoms with Crippen molar-refractivity contribution < 1.29 is 9.53 Å². The molecular formula is C18H27NO2. The van der Waals surface area contributed by atoms with Gasteiger partial charge in [0.15, 0.2) is 0 Å². The van der Waals surface area contributed by atoms with Crippen LogP contribution in [0.5, 0.6) is 0 Å². The topological polar surface area (TPSA) is 29.5 Å². The molecule has 116 valence electrons. The molecular weight excluding hydrogens is 262 g/mol. The van der Waals surface area contributed by atoms with E-state index in [1.54, 1.807) is 0 Å². The second kappa shape index (κ2) is 7.60. The molecule has 0 saturated carbocycles. The van der Waals surface area contributed by atoms with Crippen molar-refractivity contribution in [2.45, 2.75) is 45.6 Å². The van der Waals surface area contributed by atoms with Crippen LogP contribution < -0.4 is 0 Å². The van der Waals surface area contributed by atoms with Crippen LogP contribution in [0.4, 0.5) is 0 Å². The molecule has 3 nitrogen and oxygen atoms in total. The zero-order valence-corrected chi connectivity index (χ0v) is 13.4. The van der Waals surface area contributed by atoms with Crippen LogP contribution >= 0.6 is 0 Å². The molecule has 3 heteroatoms. The number of hydrogen-bond acceptors (Lipinski definition) is 2. The van der Waals surface area contributed by atoms with E-state index < -0.39 is 0 Å². The lowest BCUT2D eigenvalue weighted by atomic mass is 9.84. The number of carbonyl (C=O) groups is 1. The van der Waals surface area contributed by atoms with Gasteiger partial charge in [-0.1, -0.05) is 44.2 Å². The van der Waals surface area contributed by atoms with Crippen molar-refractivity contribution in [3.63, 3.8) is 0 Å². The Hall–Kier alpha value is -1.35. The molecule has 21 heavy (non-hydrogen) atoms. The molecule has 0 unspecified atom stereocenters. The number of nitrogens with zero attached hydrogens (tertiary/aromatic N) is 1. The molecule has 0 bridgehead atoms. The summed E-state index contributed by atoms with van der Waals surface area (Å²) < 4.78 is 5.95. The van der Waals surface area contributed by atoms with Crippen molar-refractivity contribution in [3.05, 3.63) is 35.9 Å². The fraction of sp³-hybridized carbons (Fsp3) is 0.611. The third-order valence-corrected chi connectivity index (χ3v) is 4.51. The molecule has 3 atom stereocenters. The van der Waals surface area contributed by atoms with Crippen molar-refractivity contribution in [2.24, 2.45) is 5.92 Å². The number of likely N-dealkylation sites (tertiary alicyclic amines) is 1. The second-order valence-corrected chi connectivity index (χ2v) is 5.74. The minimum Gasteiger partial charge on any atom is -0.378 e. The van der Waals surface area contributed by atoms with Gasteiger partial charge in [-0.2, -0.15) is 0 Å². The smallest absolute Gasteiger partial charge is 0.222 e. The first-order valence-corrected chi connectivity index (χ1v) is 8.15. The predicted molar refractivity (Wildman–Crippen MR) is 85.2 cm³/mol. The summed E-state index contributed by atoms with van der Waals surface area (Å²) in [4.78, 5) is 14.1. The van der Waals surface area contributed by atoms with Gasteiger partial charge in [0, 0.05) is 38.0 Å². The number of benzene rings is 1. The molecule has 1 aliphatic heterocycles. The Bertz CT molecular complexity index is 446. The second-order valence-electron chi connectivity index (χ2n) is 5.74. The number of rotatable bonds is 6. The maximum absolute atomic E-state index is 12.1. The molecule has 0 aromatic heterocycles. The van der Waals surface area contributed by atoms with Crippen LogP contribution in [-0.4, -0.2) is 36.6 Å². The van der Waals surface area contributed by atoms with Gasteiger partial charge in [0.05, 0.1) is 6.10 Å². The Balaban J connectivity index is 2.23. The highest BCUT2D eigenvalue weighted by atomic mass is 16.5. The van der Waals surface area contributed by atoms with Gasteiger partial charge in [-0.05, 0) is 18.9 Å². The van der Waals surface area contributed by atoms with Crippen LogP contribution in [0.1, 0.15) is 45.1 Å². The van der Waals surface area contributed by atoms with Crippen LogP contribution in [0.15, 0.2) is 30.3 Å². The summed E-state index contributed by atoms with van der Waals surface area (Å²) in [5.74, 6) is 1.04. The summed E-state index contributed by atoms with van der Waals surface area (Å²) in [5.41, 5.74) is 1.33. The minimum atomic E-state index is 0.231. The zero-order valence-electron chi connectivity index (χ0n) is 13.4. The van der Waals surface area contributed by atoms with Crippen LogP contribution in [0.25, 0.3) is 0 Å². The van der Waals surface area contributed by atoms with Gasteiger partial charge in [-0.25, -0.2) is 0 Å². The van der Waals surface area contributed by atoms with Crippen molar-refractivity contribution in [3.8, 4) is 0 Å². The van der Waals surface area contributed by atoms with Gasteiger partial charge < -0.3 is 9.64 Å². The highest BCUT2D eigenvalue weighted by Gasteiger charge is 2.39. The first-order chi connectivity index (χ1) is 10.2. The minimum absolute atomic E-state index is 0.231. The Kier molecular flexibility index (Phi) is 5.80. The number of carbonyl (C=O) groups excluding carboxylic acids is 1. The molecule has 0 aliphatic carbocycles. The van der Waals surface area contributed by atoms with Crippen molar-refractivity contribution in [1.82, 2.24) is 4.90 Å². The van der Waals surface area contributed by atoms with Crippen molar-refractivity contribution >= 4 is 5.91 Å². The Morgan fingerprint density at radius 1 is 1.24 bits per heavy atom. The van der Waals surface area contributed by atoms with Gasteiger partial charge in [-0.15, -0.1) is 0 Å². The molecule has 1 saturated heterocycles. The van der Waals surface area contributed by atoms with E-state index in [4.69, 9.17) is 4.74 Å². The highest BCUT2D eigenvalue weighted by molar-refractivity contribution is 5.76. The maximum atomic E-state index is 12.1. The molecule has 1 aromatic rings. The lowest BCUT2D eigenvalue weighted by molar-refractivity contribution is -0.130. The molecule has 1 heterocycles. The van der Waals surface area contributed by atoms with E-state index in [-0.39, 0.29) is 12.0 Å². The SMILES string of the molecule is CCO[C@H](CC)[C@H]1CN(C(=O)CC)C[C@@H]1c1ccccc1. The summed E-state index contributed by atoms with van der Waals surface area (Å²) >= 11 is 0. The predicted octanol–water partition coefficient (Wildman–Crippen LogP) is 3.45. The maximum Gasteiger partial charge on any atom is 0.222 e. The fourth-order valence-corrected chi connectivity index (χ4v) is 3.44. The fourth-order valence-electron chi connectivity index (χ4n) is 3.44. The van der Waals surface area contributed by atoms with Crippen molar-refractivity contribution in [2.75, 3.05) is 19.7 Å². The molecule has 1 aromatic carbocycles. The van der Waals surface area contributed by atoms with Crippen LogP contribution in [0, 0.1) is 5.92 Å². The van der Waals surface area contributed by atoms with E-state index >= 15 is 0 Å². The van der Waals surface area contributed by atoms with E-state index in [9.17, 15) is 4.79 Å². The zero-order chi connectivity index (χ0) is 15.2. The van der Waals surface area contributed by atoms with Gasteiger partial charge in [0.1, 0.15) is 0 Å². The molecule has 2 rings (SSSR count). The van der Waals surface area contributed by atoms with E-state index in [0.717, 1.165) is 26.1 Å². The summed E-state index contributed by atoms with van der Waals surface area (Å²) in [6.45, 7) is 8.54. The van der Waals surface area contributed by atoms with Crippen LogP contribution in [0.2, 0.25) is 0 Å². The van der Waals surface area contributed by atoms with E-state index in [0.29, 0.717) is 18.3 Å². The summed E-state index contributed by atoms with van der Waals surface area (Å²) in [6.07, 6.45) is 1.81. The number of ether oxygens (including phenoxy) is 1. The van der Waals surface area contributed by atoms with E-state index in [1.165, 1.54) is 5.56 Å². The van der Waals surface area contributed by atoms with Gasteiger partial charge in [0.2, 0.25) is 5.91 Å². The molecule has 1 fully saturated rings. The quantitative estimate of drug-likeness (QED) is 0.802. The monoisotopic (exact) mass is 289 g/mol. The van der Waals surface area contributed by atoms with E-state index in [2.05, 4.69) is 31.2 Å². The summed E-state index contributed by atoms with van der Waals surface area (Å²) in [5, 5.41) is 0. The Morgan fingerprint density at radius 2 is 1.95 bits per heavy atom. The average Bonchev–Trinajstić information content (AvgIpc) is 2.97. The molecule has 1 aliphatic rings. The summed E-state index contributed by atoms with van der Waals surface area (Å²) in [7, 11) is 0. The van der Waals surface area contributed by atoms with Crippen molar-refractivity contribution in [1.29, 1.82) is 0 Å². The van der Waals surface area contributed by atoms with Gasteiger partial charge in [0.25, 0.3) is 0 Å². The summed E-state index contributed by atoms with van der Waals surface area (Å²) in [6, 6.07) is 10.6. The lowest BCUT2D eigenvalue weighted by Gasteiger charge is -2.27. The van der Waals surface area contributed by atoms with Crippen LogP contribution in [-0.2, 0) is 9.53 Å². The third-order valence-electron chi connectivity index (χ3n) is 4.51. The molecule has 0 spiro atoms. The molecule has 0 N–H and O–H groups in total. The lowest BCUT2D eigenvalue weighted by Crippen LogP contribution is -2.31. The standard InChI is InChI=1S/C18H27NO2/c1-4-17(21-6-3)16-13-19(18(20)5-2)12-15(16)14-10-8-7-9-11-14/h7-11,15-17H,4-6,12-13H2,1-3H3/t15-,16+,17-/m1/s1. The Labute approximate surface area is 128 Å². The van der Waals surface area contributed by atoms with Gasteiger partial charge in [-0.3, -0.25) is 4.79 Å². The number of hydrogen-bond donors (Lipinski definition) is 0. The van der Waals surface area contributed by atoms with Crippen LogP contribution in [0.3, 0.4) is 0 Å². The molecule has 1 amide bonds. The normalized spacial score (nSPS) is 23.3. The molecule has 0 radical (unpaired) electrons. The Morgan fingerprint density at radius 3 is 2.52 bits per heavy atom. The third kappa shape index (κ3) is 3.65. The number of amides is 1. The highest BCUT2D eigenvalue weighted by Crippen LogP contribution is 2.37.